The van der Waals surface area contributed by atoms with E-state index in [4.69, 9.17) is 16.3 Å². The monoisotopic (exact) mass is 344 g/mol. The van der Waals surface area contributed by atoms with E-state index in [1.54, 1.807) is 12.1 Å². The van der Waals surface area contributed by atoms with Crippen LogP contribution in [0.25, 0.3) is 0 Å². The molecule has 0 radical (unpaired) electrons. The summed E-state index contributed by atoms with van der Waals surface area (Å²) in [4.78, 5) is 18.5. The summed E-state index contributed by atoms with van der Waals surface area (Å²) in [5.41, 5.74) is 0. The maximum absolute atomic E-state index is 12.8. The van der Waals surface area contributed by atoms with Crippen LogP contribution in [-0.2, 0) is 19.6 Å². The number of nitrogens with one attached hydrogen (secondary N) is 1. The maximum atomic E-state index is 12.8. The van der Waals surface area contributed by atoms with E-state index in [0.29, 0.717) is 6.41 Å². The number of hydrogen-bond donors (Lipinski definition) is 1. The number of hydrogen-bond acceptors (Lipinski definition) is 6. The lowest BCUT2D eigenvalue weighted by Gasteiger charge is -2.30. The number of carbonyl (C=O) groups is 1. The molecule has 1 aliphatic rings. The van der Waals surface area contributed by atoms with Crippen LogP contribution in [0.3, 0.4) is 0 Å². The molecule has 1 atom stereocenters. The molecule has 1 aromatic carbocycles. The molecule has 0 bridgehead atoms. The van der Waals surface area contributed by atoms with Crippen LogP contribution in [0.4, 0.5) is 0 Å². The van der Waals surface area contributed by atoms with Crippen LogP contribution in [0.15, 0.2) is 39.1 Å². The summed E-state index contributed by atoms with van der Waals surface area (Å²) in [6, 6.07) is 5.93. The number of guanidine groups is 1. The molecule has 8 nitrogen and oxygen atoms in total. The Morgan fingerprint density at radius 1 is 1.41 bits per heavy atom. The largest absolute Gasteiger partial charge is 0.467 e. The molecule has 1 N–H and O–H groups in total. The number of amidine groups is 1. The highest BCUT2D eigenvalue weighted by Crippen LogP contribution is 2.27. The summed E-state index contributed by atoms with van der Waals surface area (Å²) in [5.74, 6) is -0.214. The predicted molar refractivity (Wildman–Crippen MR) is 81.0 cm³/mol. The van der Waals surface area contributed by atoms with Gasteiger partial charge in [0.1, 0.15) is 11.1 Å². The zero-order valence-corrected chi connectivity index (χ0v) is 13.3. The van der Waals surface area contributed by atoms with Gasteiger partial charge in [-0.25, -0.2) is 17.7 Å². The number of nitrogens with zero attached hydrogens (tertiary/aromatic N) is 3. The number of methoxy groups -OCH3 is 1. The molecule has 10 heteroatoms. The number of amides is 1. The highest BCUT2D eigenvalue weighted by Gasteiger charge is 2.36. The molecule has 118 valence electrons. The van der Waals surface area contributed by atoms with Crippen LogP contribution >= 0.6 is 11.6 Å². The highest BCUT2D eigenvalue weighted by molar-refractivity contribution is 7.89. The van der Waals surface area contributed by atoms with Crippen molar-refractivity contribution in [1.82, 2.24) is 9.62 Å². The van der Waals surface area contributed by atoms with Crippen molar-refractivity contribution in [3.8, 4) is 0 Å². The Balaban J connectivity index is 2.54. The van der Waals surface area contributed by atoms with Gasteiger partial charge < -0.3 is 4.74 Å². The number of rotatable bonds is 3. The number of ether oxygens (including phenoxy) is 1. The van der Waals surface area contributed by atoms with Gasteiger partial charge in [0.15, 0.2) is 0 Å². The quantitative estimate of drug-likeness (QED) is 0.819. The van der Waals surface area contributed by atoms with E-state index < -0.39 is 16.2 Å². The molecule has 1 aliphatic heterocycles. The first kappa shape index (κ1) is 16.2. The van der Waals surface area contributed by atoms with Gasteiger partial charge in [-0.1, -0.05) is 23.7 Å². The van der Waals surface area contributed by atoms with Crippen LogP contribution in [0.1, 0.15) is 6.92 Å². The van der Waals surface area contributed by atoms with Crippen LogP contribution in [0.5, 0.6) is 0 Å². The first-order valence-electron chi connectivity index (χ1n) is 6.11. The maximum Gasteiger partial charge on any atom is 0.316 e. The lowest BCUT2D eigenvalue weighted by Crippen LogP contribution is -2.51. The number of benzene rings is 1. The van der Waals surface area contributed by atoms with Crippen molar-refractivity contribution < 1.29 is 17.9 Å². The Morgan fingerprint density at radius 2 is 2.09 bits per heavy atom. The Hall–Kier alpha value is -2.13. The minimum absolute atomic E-state index is 0.0394. The average molecular weight is 345 g/mol. The Bertz CT molecular complexity index is 747. The molecule has 0 aliphatic carbocycles. The summed E-state index contributed by atoms with van der Waals surface area (Å²) in [6.07, 6.45) is -0.546. The van der Waals surface area contributed by atoms with Crippen molar-refractivity contribution in [1.29, 1.82) is 0 Å². The van der Waals surface area contributed by atoms with Gasteiger partial charge in [-0.05, 0) is 19.1 Å². The fraction of sp³-hybridized carbons (Fsp3) is 0.250. The molecule has 0 aromatic heterocycles. The molecule has 22 heavy (non-hydrogen) atoms. The van der Waals surface area contributed by atoms with Gasteiger partial charge in [-0.15, -0.1) is 0 Å². The molecule has 1 aromatic rings. The third-order valence-electron chi connectivity index (χ3n) is 2.79. The van der Waals surface area contributed by atoms with Gasteiger partial charge in [0.05, 0.1) is 12.1 Å². The predicted octanol–water partition coefficient (Wildman–Crippen LogP) is 0.795. The lowest BCUT2D eigenvalue weighted by molar-refractivity contribution is -0.108. The molecule has 1 heterocycles. The van der Waals surface area contributed by atoms with Crippen LogP contribution in [0.2, 0.25) is 5.02 Å². The van der Waals surface area contributed by atoms with Crippen LogP contribution in [0, 0.1) is 0 Å². The standard InChI is InChI=1S/C12H13ClN4O4S/c1-8-15-12(21-2)16-11(14-7-18)17(8)22(19,20)10-6-4-3-5-9(10)13/h3-8H,1-2H3,(H,14,15,16,18). The molecule has 2 rings (SSSR count). The molecular formula is C12H13ClN4O4S. The summed E-state index contributed by atoms with van der Waals surface area (Å²) >= 11 is 5.96. The van der Waals surface area contributed by atoms with Crippen molar-refractivity contribution in [2.75, 3.05) is 7.11 Å². The Labute approximate surface area is 132 Å². The van der Waals surface area contributed by atoms with Gasteiger partial charge in [-0.2, -0.15) is 4.99 Å². The van der Waals surface area contributed by atoms with E-state index in [1.807, 2.05) is 0 Å². The molecular weight excluding hydrogens is 332 g/mol. The summed E-state index contributed by atoms with van der Waals surface area (Å²) in [5, 5.41) is 2.29. The molecule has 0 saturated heterocycles. The summed E-state index contributed by atoms with van der Waals surface area (Å²) < 4.78 is 31.3. The Morgan fingerprint density at radius 3 is 2.68 bits per heavy atom. The number of sulfonamides is 1. The topological polar surface area (TPSA) is 100 Å². The van der Waals surface area contributed by atoms with E-state index in [9.17, 15) is 13.2 Å². The zero-order valence-electron chi connectivity index (χ0n) is 11.7. The van der Waals surface area contributed by atoms with E-state index in [-0.39, 0.29) is 21.9 Å². The van der Waals surface area contributed by atoms with Crippen molar-refractivity contribution in [2.45, 2.75) is 18.0 Å². The van der Waals surface area contributed by atoms with Gasteiger partial charge >= 0.3 is 6.02 Å². The molecule has 0 fully saturated rings. The number of aliphatic imine (C=N–C) groups is 2. The van der Waals surface area contributed by atoms with E-state index in [1.165, 1.54) is 26.2 Å². The zero-order chi connectivity index (χ0) is 16.3. The molecule has 0 saturated carbocycles. The van der Waals surface area contributed by atoms with Gasteiger partial charge in [-0.3, -0.25) is 10.1 Å². The number of carbonyl (C=O) groups excluding carboxylic acids is 1. The van der Waals surface area contributed by atoms with Gasteiger partial charge in [0.2, 0.25) is 12.4 Å². The van der Waals surface area contributed by atoms with Crippen molar-refractivity contribution >= 4 is 40.0 Å². The molecule has 0 spiro atoms. The minimum Gasteiger partial charge on any atom is -0.467 e. The fourth-order valence-corrected chi connectivity index (χ4v) is 3.85. The second kappa shape index (κ2) is 6.32. The van der Waals surface area contributed by atoms with Crippen molar-refractivity contribution in [3.05, 3.63) is 29.3 Å². The lowest BCUT2D eigenvalue weighted by atomic mass is 10.4. The van der Waals surface area contributed by atoms with E-state index in [0.717, 1.165) is 4.31 Å². The van der Waals surface area contributed by atoms with Crippen molar-refractivity contribution in [3.63, 3.8) is 0 Å². The highest BCUT2D eigenvalue weighted by atomic mass is 35.5. The molecule has 1 amide bonds. The third kappa shape index (κ3) is 2.90. The first-order valence-corrected chi connectivity index (χ1v) is 7.93. The van der Waals surface area contributed by atoms with Crippen molar-refractivity contribution in [2.24, 2.45) is 9.98 Å². The first-order chi connectivity index (χ1) is 10.4. The number of halogens is 1. The second-order valence-corrected chi connectivity index (χ2v) is 6.37. The third-order valence-corrected chi connectivity index (χ3v) is 5.14. The van der Waals surface area contributed by atoms with E-state index in [2.05, 4.69) is 15.3 Å². The van der Waals surface area contributed by atoms with Gasteiger partial charge in [0.25, 0.3) is 10.0 Å². The summed E-state index contributed by atoms with van der Waals surface area (Å²) in [6.45, 7) is 1.52. The van der Waals surface area contributed by atoms with Gasteiger partial charge in [0, 0.05) is 0 Å². The second-order valence-electron chi connectivity index (χ2n) is 4.18. The minimum atomic E-state index is -4.06. The smallest absolute Gasteiger partial charge is 0.316 e. The van der Waals surface area contributed by atoms with Crippen LogP contribution < -0.4 is 5.32 Å². The molecule has 1 unspecified atom stereocenters. The normalized spacial score (nSPS) is 18.3. The van der Waals surface area contributed by atoms with Crippen LogP contribution in [-0.4, -0.2) is 44.4 Å². The van der Waals surface area contributed by atoms with E-state index >= 15 is 0 Å². The Kier molecular flexibility index (Phi) is 4.67. The summed E-state index contributed by atoms with van der Waals surface area (Å²) in [7, 11) is -2.72. The average Bonchev–Trinajstić information content (AvgIpc) is 2.47. The fourth-order valence-electron chi connectivity index (χ4n) is 1.88. The SMILES string of the molecule is COC1=NC(C)N(S(=O)(=O)c2ccccc2Cl)C(NC=O)=N1.